The summed E-state index contributed by atoms with van der Waals surface area (Å²) in [6, 6.07) is 7.39. The molecule has 0 unspecified atom stereocenters. The first kappa shape index (κ1) is 12.7. The van der Waals surface area contributed by atoms with Gasteiger partial charge in [-0.1, -0.05) is 17.8 Å². The Hall–Kier alpha value is -2.34. The Morgan fingerprint density at radius 1 is 1.05 bits per heavy atom. The predicted molar refractivity (Wildman–Crippen MR) is 78.3 cm³/mol. The summed E-state index contributed by atoms with van der Waals surface area (Å²) in [4.78, 5) is 34.1. The van der Waals surface area contributed by atoms with Crippen LogP contribution in [-0.2, 0) is 0 Å². The average Bonchev–Trinajstić information content (AvgIpc) is 2.43. The smallest absolute Gasteiger partial charge is 0.307 e. The predicted octanol–water partition coefficient (Wildman–Crippen LogP) is 2.07. The van der Waals surface area contributed by atoms with E-state index in [9.17, 15) is 9.59 Å². The zero-order valence-electron chi connectivity index (χ0n) is 10.6. The summed E-state index contributed by atoms with van der Waals surface area (Å²) in [5, 5.41) is 0.506. The van der Waals surface area contributed by atoms with Crippen molar-refractivity contribution in [1.82, 2.24) is 15.0 Å². The molecule has 0 spiro atoms. The standard InChI is InChI=1S/C14H11N3O2S/c1-8-2-3-10-11(13(18)17-14(19)16-10)12(8)20-9-4-6-15-7-5-9/h2-7H,1H3,(H2,16,17,18,19). The fourth-order valence-corrected chi connectivity index (χ4v) is 3.02. The Bertz CT molecular complexity index is 884. The van der Waals surface area contributed by atoms with Gasteiger partial charge in [-0.15, -0.1) is 0 Å². The molecule has 2 aromatic heterocycles. The summed E-state index contributed by atoms with van der Waals surface area (Å²) in [6.45, 7) is 1.94. The molecule has 2 N–H and O–H groups in total. The lowest BCUT2D eigenvalue weighted by Gasteiger charge is -2.08. The van der Waals surface area contributed by atoms with E-state index in [1.165, 1.54) is 11.8 Å². The molecule has 0 fully saturated rings. The van der Waals surface area contributed by atoms with Gasteiger partial charge in [-0.25, -0.2) is 4.79 Å². The van der Waals surface area contributed by atoms with Gasteiger partial charge < -0.3 is 4.98 Å². The number of H-pyrrole nitrogens is 2. The van der Waals surface area contributed by atoms with Gasteiger partial charge in [0.2, 0.25) is 0 Å². The van der Waals surface area contributed by atoms with Gasteiger partial charge in [0.25, 0.3) is 5.56 Å². The van der Waals surface area contributed by atoms with E-state index in [1.54, 1.807) is 18.5 Å². The maximum Gasteiger partial charge on any atom is 0.326 e. The van der Waals surface area contributed by atoms with Crippen LogP contribution in [0.2, 0.25) is 0 Å². The monoisotopic (exact) mass is 285 g/mol. The minimum absolute atomic E-state index is 0.371. The van der Waals surface area contributed by atoms with Crippen LogP contribution in [0.5, 0.6) is 0 Å². The number of rotatable bonds is 2. The fourth-order valence-electron chi connectivity index (χ4n) is 1.99. The SMILES string of the molecule is Cc1ccc2[nH]c(=O)[nH]c(=O)c2c1Sc1ccncc1. The van der Waals surface area contributed by atoms with Crippen molar-refractivity contribution in [3.63, 3.8) is 0 Å². The number of aromatic amines is 2. The lowest BCUT2D eigenvalue weighted by molar-refractivity contribution is 1.07. The molecule has 6 heteroatoms. The van der Waals surface area contributed by atoms with E-state index in [1.807, 2.05) is 25.1 Å². The second-order valence-electron chi connectivity index (χ2n) is 4.33. The largest absolute Gasteiger partial charge is 0.326 e. The van der Waals surface area contributed by atoms with Crippen LogP contribution in [0.15, 0.2) is 56.0 Å². The highest BCUT2D eigenvalue weighted by Gasteiger charge is 2.11. The third kappa shape index (κ3) is 2.25. The van der Waals surface area contributed by atoms with Gasteiger partial charge in [-0.3, -0.25) is 14.8 Å². The van der Waals surface area contributed by atoms with Crippen molar-refractivity contribution in [2.45, 2.75) is 16.7 Å². The molecule has 0 aliphatic rings. The second-order valence-corrected chi connectivity index (χ2v) is 5.41. The van der Waals surface area contributed by atoms with Gasteiger partial charge in [0.1, 0.15) is 0 Å². The van der Waals surface area contributed by atoms with Crippen molar-refractivity contribution in [2.24, 2.45) is 0 Å². The molecule has 0 radical (unpaired) electrons. The van der Waals surface area contributed by atoms with Crippen molar-refractivity contribution >= 4 is 22.7 Å². The zero-order valence-corrected chi connectivity index (χ0v) is 11.5. The highest BCUT2D eigenvalue weighted by atomic mass is 32.2. The van der Waals surface area contributed by atoms with Crippen molar-refractivity contribution in [3.8, 4) is 0 Å². The van der Waals surface area contributed by atoms with Gasteiger partial charge in [0, 0.05) is 22.2 Å². The van der Waals surface area contributed by atoms with Crippen LogP contribution in [0, 0.1) is 6.92 Å². The molecular weight excluding hydrogens is 274 g/mol. The summed E-state index contributed by atoms with van der Waals surface area (Å²) >= 11 is 1.48. The Labute approximate surface area is 118 Å². The molecule has 3 aromatic rings. The average molecular weight is 285 g/mol. The Morgan fingerprint density at radius 2 is 1.80 bits per heavy atom. The van der Waals surface area contributed by atoms with Gasteiger partial charge in [-0.05, 0) is 30.7 Å². The molecule has 2 heterocycles. The highest BCUT2D eigenvalue weighted by Crippen LogP contribution is 2.33. The minimum Gasteiger partial charge on any atom is -0.307 e. The zero-order chi connectivity index (χ0) is 14.1. The third-order valence-corrected chi connectivity index (χ3v) is 4.16. The first-order valence-electron chi connectivity index (χ1n) is 5.99. The first-order valence-corrected chi connectivity index (χ1v) is 6.80. The van der Waals surface area contributed by atoms with Crippen LogP contribution in [0.25, 0.3) is 10.9 Å². The molecule has 0 bridgehead atoms. The Kier molecular flexibility index (Phi) is 3.15. The molecule has 0 saturated carbocycles. The summed E-state index contributed by atoms with van der Waals surface area (Å²) in [7, 11) is 0. The van der Waals surface area contributed by atoms with Gasteiger partial charge >= 0.3 is 5.69 Å². The quantitative estimate of drug-likeness (QED) is 0.755. The molecule has 1 aromatic carbocycles. The van der Waals surface area contributed by atoms with Crippen LogP contribution in [0.1, 0.15) is 5.56 Å². The van der Waals surface area contributed by atoms with E-state index in [4.69, 9.17) is 0 Å². The number of hydrogen-bond donors (Lipinski definition) is 2. The number of pyridine rings is 1. The van der Waals surface area contributed by atoms with Crippen molar-refractivity contribution in [2.75, 3.05) is 0 Å². The number of aromatic nitrogens is 3. The van der Waals surface area contributed by atoms with Crippen molar-refractivity contribution in [3.05, 3.63) is 63.1 Å². The van der Waals surface area contributed by atoms with Gasteiger partial charge in [0.05, 0.1) is 10.9 Å². The molecule has 0 atom stereocenters. The molecular formula is C14H11N3O2S. The van der Waals surface area contributed by atoms with E-state index < -0.39 is 5.69 Å². The van der Waals surface area contributed by atoms with Gasteiger partial charge in [-0.2, -0.15) is 0 Å². The molecule has 0 amide bonds. The van der Waals surface area contributed by atoms with E-state index in [0.29, 0.717) is 10.9 Å². The molecule has 20 heavy (non-hydrogen) atoms. The molecule has 0 aliphatic heterocycles. The van der Waals surface area contributed by atoms with E-state index in [0.717, 1.165) is 15.4 Å². The molecule has 0 aliphatic carbocycles. The lowest BCUT2D eigenvalue weighted by atomic mass is 10.2. The van der Waals surface area contributed by atoms with Crippen molar-refractivity contribution < 1.29 is 0 Å². The summed E-state index contributed by atoms with van der Waals surface area (Å²) < 4.78 is 0. The Morgan fingerprint density at radius 3 is 2.55 bits per heavy atom. The maximum atomic E-state index is 12.1. The van der Waals surface area contributed by atoms with Crippen LogP contribution in [0.3, 0.4) is 0 Å². The molecule has 0 saturated heterocycles. The fraction of sp³-hybridized carbons (Fsp3) is 0.0714. The lowest BCUT2D eigenvalue weighted by Crippen LogP contribution is -2.22. The Balaban J connectivity index is 2.27. The van der Waals surface area contributed by atoms with Crippen LogP contribution >= 0.6 is 11.8 Å². The van der Waals surface area contributed by atoms with Crippen LogP contribution < -0.4 is 11.2 Å². The van der Waals surface area contributed by atoms with E-state index in [-0.39, 0.29) is 5.56 Å². The number of nitrogens with zero attached hydrogens (tertiary/aromatic N) is 1. The first-order chi connectivity index (χ1) is 9.65. The van der Waals surface area contributed by atoms with Crippen LogP contribution in [-0.4, -0.2) is 15.0 Å². The minimum atomic E-state index is -0.494. The van der Waals surface area contributed by atoms with E-state index >= 15 is 0 Å². The van der Waals surface area contributed by atoms with Gasteiger partial charge in [0.15, 0.2) is 0 Å². The summed E-state index contributed by atoms with van der Waals surface area (Å²) in [6.07, 6.45) is 3.41. The second kappa shape index (κ2) is 4.97. The normalized spacial score (nSPS) is 10.8. The summed E-state index contributed by atoms with van der Waals surface area (Å²) in [5.41, 5.74) is 0.660. The highest BCUT2D eigenvalue weighted by molar-refractivity contribution is 7.99. The molecule has 3 rings (SSSR count). The van der Waals surface area contributed by atoms with Crippen molar-refractivity contribution in [1.29, 1.82) is 0 Å². The molecule has 5 nitrogen and oxygen atoms in total. The number of nitrogens with one attached hydrogen (secondary N) is 2. The number of hydrogen-bond acceptors (Lipinski definition) is 4. The summed E-state index contributed by atoms with van der Waals surface area (Å²) in [5.74, 6) is 0. The maximum absolute atomic E-state index is 12.1. The van der Waals surface area contributed by atoms with Crippen LogP contribution in [0.4, 0.5) is 0 Å². The molecule has 100 valence electrons. The third-order valence-electron chi connectivity index (χ3n) is 2.93. The number of aryl methyl sites for hydroxylation is 1. The topological polar surface area (TPSA) is 78.6 Å². The number of fused-ring (bicyclic) bond motifs is 1. The number of benzene rings is 1. The van der Waals surface area contributed by atoms with E-state index in [2.05, 4.69) is 15.0 Å².